The van der Waals surface area contributed by atoms with Crippen LogP contribution in [0.1, 0.15) is 22.8 Å². The Labute approximate surface area is 122 Å². The van der Waals surface area contributed by atoms with Crippen LogP contribution in [0, 0.1) is 17.0 Å². The minimum atomic E-state index is -0.547. The summed E-state index contributed by atoms with van der Waals surface area (Å²) in [7, 11) is 0. The SMILES string of the molecule is Cc1cccc([N+](=O)[O-])c1C(=O)N1CC(CO)OCC1C. The number of rotatable bonds is 3. The molecule has 1 amide bonds. The van der Waals surface area contributed by atoms with Crippen molar-refractivity contribution in [1.82, 2.24) is 4.90 Å². The molecule has 2 unspecified atom stereocenters. The van der Waals surface area contributed by atoms with Crippen molar-refractivity contribution in [3.63, 3.8) is 0 Å². The summed E-state index contributed by atoms with van der Waals surface area (Å²) in [5.41, 5.74) is 0.473. The number of benzene rings is 1. The van der Waals surface area contributed by atoms with Crippen LogP contribution in [0.25, 0.3) is 0 Å². The zero-order valence-electron chi connectivity index (χ0n) is 12.0. The summed E-state index contributed by atoms with van der Waals surface area (Å²) >= 11 is 0. The van der Waals surface area contributed by atoms with Crippen LogP contribution in [0.4, 0.5) is 5.69 Å². The Morgan fingerprint density at radius 2 is 2.29 bits per heavy atom. The number of aliphatic hydroxyl groups is 1. The molecule has 1 aromatic rings. The molecule has 1 aliphatic rings. The first-order chi connectivity index (χ1) is 9.95. The molecule has 0 bridgehead atoms. The normalized spacial score (nSPS) is 22.1. The Balaban J connectivity index is 2.37. The first-order valence-electron chi connectivity index (χ1n) is 6.73. The summed E-state index contributed by atoms with van der Waals surface area (Å²) in [6.45, 7) is 3.83. The summed E-state index contributed by atoms with van der Waals surface area (Å²) in [5, 5.41) is 20.3. The molecule has 1 fully saturated rings. The number of nitro groups is 1. The van der Waals surface area contributed by atoms with E-state index in [1.54, 1.807) is 19.1 Å². The average Bonchev–Trinajstić information content (AvgIpc) is 2.46. The fourth-order valence-corrected chi connectivity index (χ4v) is 2.44. The highest BCUT2D eigenvalue weighted by Gasteiger charge is 2.33. The van der Waals surface area contributed by atoms with Gasteiger partial charge in [-0.1, -0.05) is 12.1 Å². The number of amides is 1. The van der Waals surface area contributed by atoms with Gasteiger partial charge in [-0.05, 0) is 19.4 Å². The van der Waals surface area contributed by atoms with Gasteiger partial charge in [-0.15, -0.1) is 0 Å². The van der Waals surface area contributed by atoms with Crippen LogP contribution in [0.5, 0.6) is 0 Å². The van der Waals surface area contributed by atoms with Gasteiger partial charge in [-0.2, -0.15) is 0 Å². The van der Waals surface area contributed by atoms with E-state index in [-0.39, 0.29) is 30.4 Å². The number of carbonyl (C=O) groups excluding carboxylic acids is 1. The van der Waals surface area contributed by atoms with E-state index in [2.05, 4.69) is 0 Å². The number of nitro benzene ring substituents is 1. The molecule has 7 nitrogen and oxygen atoms in total. The van der Waals surface area contributed by atoms with Gasteiger partial charge < -0.3 is 14.7 Å². The molecule has 1 heterocycles. The lowest BCUT2D eigenvalue weighted by atomic mass is 10.0. The van der Waals surface area contributed by atoms with Crippen LogP contribution in [-0.4, -0.2) is 52.7 Å². The molecule has 0 radical (unpaired) electrons. The fraction of sp³-hybridized carbons (Fsp3) is 0.500. The van der Waals surface area contributed by atoms with E-state index in [0.29, 0.717) is 12.2 Å². The van der Waals surface area contributed by atoms with E-state index in [9.17, 15) is 20.0 Å². The Morgan fingerprint density at radius 3 is 2.90 bits per heavy atom. The largest absolute Gasteiger partial charge is 0.394 e. The third-order valence-electron chi connectivity index (χ3n) is 3.63. The molecular weight excluding hydrogens is 276 g/mol. The van der Waals surface area contributed by atoms with Crippen molar-refractivity contribution in [1.29, 1.82) is 0 Å². The highest BCUT2D eigenvalue weighted by atomic mass is 16.6. The van der Waals surface area contributed by atoms with Crippen molar-refractivity contribution in [2.24, 2.45) is 0 Å². The second-order valence-corrected chi connectivity index (χ2v) is 5.17. The van der Waals surface area contributed by atoms with Crippen molar-refractivity contribution < 1.29 is 19.6 Å². The quantitative estimate of drug-likeness (QED) is 0.666. The summed E-state index contributed by atoms with van der Waals surface area (Å²) in [6.07, 6.45) is -0.451. The summed E-state index contributed by atoms with van der Waals surface area (Å²) in [4.78, 5) is 24.8. The van der Waals surface area contributed by atoms with E-state index in [1.165, 1.54) is 11.0 Å². The Morgan fingerprint density at radius 1 is 1.57 bits per heavy atom. The molecule has 0 aliphatic carbocycles. The lowest BCUT2D eigenvalue weighted by molar-refractivity contribution is -0.385. The molecule has 1 aliphatic heterocycles. The lowest BCUT2D eigenvalue weighted by Gasteiger charge is -2.37. The molecule has 1 saturated heterocycles. The van der Waals surface area contributed by atoms with Gasteiger partial charge in [0.15, 0.2) is 0 Å². The van der Waals surface area contributed by atoms with Crippen LogP contribution in [0.15, 0.2) is 18.2 Å². The summed E-state index contributed by atoms with van der Waals surface area (Å²) in [5.74, 6) is -0.394. The lowest BCUT2D eigenvalue weighted by Crippen LogP contribution is -2.52. The van der Waals surface area contributed by atoms with Crippen molar-refractivity contribution in [2.45, 2.75) is 26.0 Å². The Bertz CT molecular complexity index is 560. The van der Waals surface area contributed by atoms with Crippen molar-refractivity contribution in [2.75, 3.05) is 19.8 Å². The maximum Gasteiger partial charge on any atom is 0.282 e. The van der Waals surface area contributed by atoms with Gasteiger partial charge in [-0.3, -0.25) is 14.9 Å². The zero-order valence-corrected chi connectivity index (χ0v) is 12.0. The molecule has 2 atom stereocenters. The van der Waals surface area contributed by atoms with Gasteiger partial charge in [-0.25, -0.2) is 0 Å². The van der Waals surface area contributed by atoms with E-state index in [0.717, 1.165) is 0 Å². The second kappa shape index (κ2) is 6.19. The Hall–Kier alpha value is -1.99. The highest BCUT2D eigenvalue weighted by Crippen LogP contribution is 2.25. The Kier molecular flexibility index (Phi) is 4.54. The van der Waals surface area contributed by atoms with Crippen LogP contribution >= 0.6 is 0 Å². The third-order valence-corrected chi connectivity index (χ3v) is 3.63. The molecule has 1 aromatic carbocycles. The first kappa shape index (κ1) is 15.4. The molecule has 114 valence electrons. The number of hydrogen-bond donors (Lipinski definition) is 1. The van der Waals surface area contributed by atoms with Crippen molar-refractivity contribution >= 4 is 11.6 Å². The number of aliphatic hydroxyl groups excluding tert-OH is 1. The molecular formula is C14H18N2O5. The van der Waals surface area contributed by atoms with Gasteiger partial charge in [0, 0.05) is 12.6 Å². The number of aryl methyl sites for hydroxylation is 1. The van der Waals surface area contributed by atoms with Gasteiger partial charge >= 0.3 is 0 Å². The zero-order chi connectivity index (χ0) is 15.6. The van der Waals surface area contributed by atoms with E-state index >= 15 is 0 Å². The first-order valence-corrected chi connectivity index (χ1v) is 6.73. The predicted octanol–water partition coefficient (Wildman–Crippen LogP) is 1.13. The van der Waals surface area contributed by atoms with Crippen LogP contribution < -0.4 is 0 Å². The third kappa shape index (κ3) is 3.03. The van der Waals surface area contributed by atoms with E-state index in [4.69, 9.17) is 4.74 Å². The molecule has 1 N–H and O–H groups in total. The number of morpholine rings is 1. The van der Waals surface area contributed by atoms with Crippen LogP contribution in [-0.2, 0) is 4.74 Å². The fourth-order valence-electron chi connectivity index (χ4n) is 2.44. The van der Waals surface area contributed by atoms with Gasteiger partial charge in [0.1, 0.15) is 5.56 Å². The van der Waals surface area contributed by atoms with E-state index < -0.39 is 16.9 Å². The minimum absolute atomic E-state index is 0.105. The topological polar surface area (TPSA) is 92.9 Å². The molecule has 0 spiro atoms. The summed E-state index contributed by atoms with van der Waals surface area (Å²) in [6, 6.07) is 4.37. The number of ether oxygens (including phenoxy) is 1. The monoisotopic (exact) mass is 294 g/mol. The predicted molar refractivity (Wildman–Crippen MR) is 75.2 cm³/mol. The minimum Gasteiger partial charge on any atom is -0.394 e. The highest BCUT2D eigenvalue weighted by molar-refractivity contribution is 5.99. The smallest absolute Gasteiger partial charge is 0.282 e. The van der Waals surface area contributed by atoms with Gasteiger partial charge in [0.25, 0.3) is 11.6 Å². The maximum absolute atomic E-state index is 12.7. The number of hydrogen-bond acceptors (Lipinski definition) is 5. The maximum atomic E-state index is 12.7. The van der Waals surface area contributed by atoms with Crippen LogP contribution in [0.2, 0.25) is 0 Å². The standard InChI is InChI=1S/C14H18N2O5/c1-9-4-3-5-12(16(19)20)13(9)14(18)15-6-11(7-17)21-8-10(15)2/h3-5,10-11,17H,6-8H2,1-2H3. The molecule has 7 heteroatoms. The molecule has 2 rings (SSSR count). The van der Waals surface area contributed by atoms with Crippen molar-refractivity contribution in [3.8, 4) is 0 Å². The van der Waals surface area contributed by atoms with Crippen LogP contribution in [0.3, 0.4) is 0 Å². The van der Waals surface area contributed by atoms with Gasteiger partial charge in [0.2, 0.25) is 0 Å². The van der Waals surface area contributed by atoms with Crippen molar-refractivity contribution in [3.05, 3.63) is 39.4 Å². The number of nitrogens with zero attached hydrogens (tertiary/aromatic N) is 2. The summed E-state index contributed by atoms with van der Waals surface area (Å²) < 4.78 is 5.39. The molecule has 21 heavy (non-hydrogen) atoms. The van der Waals surface area contributed by atoms with Gasteiger partial charge in [0.05, 0.1) is 30.3 Å². The molecule has 0 aromatic heterocycles. The molecule has 0 saturated carbocycles. The second-order valence-electron chi connectivity index (χ2n) is 5.17. The number of carbonyl (C=O) groups is 1. The van der Waals surface area contributed by atoms with E-state index in [1.807, 2.05) is 6.92 Å². The average molecular weight is 294 g/mol.